The summed E-state index contributed by atoms with van der Waals surface area (Å²) in [6.45, 7) is 16.4. The van der Waals surface area contributed by atoms with Crippen molar-refractivity contribution in [1.82, 2.24) is 0 Å². The van der Waals surface area contributed by atoms with Crippen LogP contribution in [0.4, 0.5) is 0 Å². The van der Waals surface area contributed by atoms with E-state index in [4.69, 9.17) is 0 Å². The molecule has 0 aliphatic heterocycles. The summed E-state index contributed by atoms with van der Waals surface area (Å²) in [5.74, 6) is 1.64. The van der Waals surface area contributed by atoms with E-state index < -0.39 is 0 Å². The van der Waals surface area contributed by atoms with Crippen LogP contribution in [0.3, 0.4) is 0 Å². The average molecular weight is 437 g/mol. The second-order valence-electron chi connectivity index (χ2n) is 13.2. The number of benzene rings is 1. The first kappa shape index (κ1) is 25.6. The van der Waals surface area contributed by atoms with Gasteiger partial charge in [-0.15, -0.1) is 0 Å². The Hall–Kier alpha value is -1.04. The minimum Gasteiger partial charge on any atom is -0.0827 e. The Morgan fingerprint density at radius 2 is 1.47 bits per heavy atom. The molecule has 0 saturated heterocycles. The Morgan fingerprint density at radius 3 is 1.97 bits per heavy atom. The third-order valence-corrected chi connectivity index (χ3v) is 9.23. The average Bonchev–Trinajstić information content (AvgIpc) is 2.75. The van der Waals surface area contributed by atoms with Gasteiger partial charge in [0.1, 0.15) is 0 Å². The van der Waals surface area contributed by atoms with Crippen LogP contribution in [-0.2, 0) is 10.8 Å². The van der Waals surface area contributed by atoms with Gasteiger partial charge in [-0.05, 0) is 111 Å². The van der Waals surface area contributed by atoms with E-state index in [-0.39, 0.29) is 10.8 Å². The number of hydrogen-bond donors (Lipinski definition) is 0. The summed E-state index contributed by atoms with van der Waals surface area (Å²) in [4.78, 5) is 0. The van der Waals surface area contributed by atoms with Gasteiger partial charge in [-0.2, -0.15) is 0 Å². The molecule has 2 unspecified atom stereocenters. The van der Waals surface area contributed by atoms with Crippen molar-refractivity contribution in [3.05, 3.63) is 47.0 Å². The van der Waals surface area contributed by atoms with Crippen molar-refractivity contribution >= 4 is 0 Å². The molecule has 2 fully saturated rings. The zero-order chi connectivity index (χ0) is 23.4. The lowest BCUT2D eigenvalue weighted by molar-refractivity contribution is 0.0893. The van der Waals surface area contributed by atoms with E-state index in [0.717, 1.165) is 11.3 Å². The van der Waals surface area contributed by atoms with Crippen LogP contribution in [0.5, 0.6) is 0 Å². The maximum absolute atomic E-state index is 2.61. The van der Waals surface area contributed by atoms with Gasteiger partial charge in [-0.1, -0.05) is 89.8 Å². The highest BCUT2D eigenvalue weighted by Gasteiger charge is 2.37. The second-order valence-corrected chi connectivity index (χ2v) is 13.2. The standard InChI is InChI=1S/C32H52/c1-8-31(7,29-14-12-28(13-15-29)30(4,5)6)24-27(22-25(2)3)23-26-16-20-32(21-17-26)18-10-9-11-19-32/h12-15,22,26-27H,8-11,16-21,23-24H2,1-7H3. The quantitative estimate of drug-likeness (QED) is 0.373. The van der Waals surface area contributed by atoms with Crippen LogP contribution in [0.2, 0.25) is 0 Å². The van der Waals surface area contributed by atoms with Crippen LogP contribution in [-0.4, -0.2) is 0 Å². The van der Waals surface area contributed by atoms with Gasteiger partial charge in [0.15, 0.2) is 0 Å². The van der Waals surface area contributed by atoms with Gasteiger partial charge >= 0.3 is 0 Å². The normalized spacial score (nSPS) is 22.3. The summed E-state index contributed by atoms with van der Waals surface area (Å²) in [5.41, 5.74) is 5.70. The van der Waals surface area contributed by atoms with Crippen molar-refractivity contribution in [2.45, 2.75) is 136 Å². The van der Waals surface area contributed by atoms with Crippen LogP contribution >= 0.6 is 0 Å². The van der Waals surface area contributed by atoms with Gasteiger partial charge in [0.05, 0.1) is 0 Å². The summed E-state index contributed by atoms with van der Waals surface area (Å²) in [6.07, 6.45) is 20.0. The van der Waals surface area contributed by atoms with Crippen LogP contribution < -0.4 is 0 Å². The molecule has 0 heteroatoms. The molecule has 1 spiro atoms. The lowest BCUT2D eigenvalue weighted by atomic mass is 9.62. The van der Waals surface area contributed by atoms with E-state index in [1.165, 1.54) is 93.7 Å². The molecular formula is C32H52. The number of allylic oxidation sites excluding steroid dienone is 2. The predicted molar refractivity (Wildman–Crippen MR) is 142 cm³/mol. The highest BCUT2D eigenvalue weighted by molar-refractivity contribution is 5.32. The summed E-state index contributed by atoms with van der Waals surface area (Å²) in [6, 6.07) is 9.61. The molecule has 0 nitrogen and oxygen atoms in total. The molecule has 2 atom stereocenters. The molecule has 180 valence electrons. The van der Waals surface area contributed by atoms with Gasteiger partial charge in [0, 0.05) is 0 Å². The third-order valence-electron chi connectivity index (χ3n) is 9.23. The van der Waals surface area contributed by atoms with Crippen molar-refractivity contribution in [1.29, 1.82) is 0 Å². The van der Waals surface area contributed by atoms with Gasteiger partial charge in [-0.3, -0.25) is 0 Å². The SMILES string of the molecule is CCC(C)(CC(C=C(C)C)CC1CCC2(CCCCC2)CC1)c1ccc(C(C)(C)C)cc1. The first-order valence-electron chi connectivity index (χ1n) is 13.8. The zero-order valence-corrected chi connectivity index (χ0v) is 22.5. The van der Waals surface area contributed by atoms with Crippen molar-refractivity contribution in [3.63, 3.8) is 0 Å². The summed E-state index contributed by atoms with van der Waals surface area (Å²) in [5, 5.41) is 0. The Bertz CT molecular complexity index is 723. The van der Waals surface area contributed by atoms with E-state index >= 15 is 0 Å². The Morgan fingerprint density at radius 1 is 0.906 bits per heavy atom. The first-order chi connectivity index (χ1) is 15.1. The minimum absolute atomic E-state index is 0.225. The lowest BCUT2D eigenvalue weighted by Gasteiger charge is -2.44. The monoisotopic (exact) mass is 436 g/mol. The molecule has 3 rings (SSSR count). The predicted octanol–water partition coefficient (Wildman–Crippen LogP) is 10.2. The molecule has 2 saturated carbocycles. The van der Waals surface area contributed by atoms with Crippen molar-refractivity contribution in [2.75, 3.05) is 0 Å². The Labute approximate surface area is 200 Å². The number of hydrogen-bond acceptors (Lipinski definition) is 0. The van der Waals surface area contributed by atoms with Gasteiger partial charge in [0.2, 0.25) is 0 Å². The van der Waals surface area contributed by atoms with Crippen molar-refractivity contribution < 1.29 is 0 Å². The Kier molecular flexibility index (Phi) is 8.38. The minimum atomic E-state index is 0.225. The van der Waals surface area contributed by atoms with Gasteiger partial charge < -0.3 is 0 Å². The van der Waals surface area contributed by atoms with E-state index in [0.29, 0.717) is 5.92 Å². The highest BCUT2D eigenvalue weighted by Crippen LogP contribution is 2.50. The molecule has 0 aromatic heterocycles. The maximum Gasteiger partial charge on any atom is -0.00723 e. The Balaban J connectivity index is 1.69. The summed E-state index contributed by atoms with van der Waals surface area (Å²) in [7, 11) is 0. The molecule has 32 heavy (non-hydrogen) atoms. The summed E-state index contributed by atoms with van der Waals surface area (Å²) >= 11 is 0. The van der Waals surface area contributed by atoms with Gasteiger partial charge in [0.25, 0.3) is 0 Å². The topological polar surface area (TPSA) is 0 Å². The molecule has 2 aliphatic carbocycles. The largest absolute Gasteiger partial charge is 0.0827 e. The van der Waals surface area contributed by atoms with Crippen molar-refractivity contribution in [3.8, 4) is 0 Å². The molecule has 0 N–H and O–H groups in total. The zero-order valence-electron chi connectivity index (χ0n) is 22.5. The molecule has 1 aromatic carbocycles. The highest BCUT2D eigenvalue weighted by atomic mass is 14.4. The van der Waals surface area contributed by atoms with Crippen LogP contribution in [0.25, 0.3) is 0 Å². The molecule has 0 heterocycles. The van der Waals surface area contributed by atoms with E-state index in [2.05, 4.69) is 78.8 Å². The molecule has 2 aliphatic rings. The number of rotatable bonds is 7. The second kappa shape index (κ2) is 10.5. The van der Waals surface area contributed by atoms with E-state index in [1.54, 1.807) is 0 Å². The summed E-state index contributed by atoms with van der Waals surface area (Å²) < 4.78 is 0. The maximum atomic E-state index is 2.61. The molecular weight excluding hydrogens is 384 g/mol. The molecule has 0 bridgehead atoms. The fourth-order valence-electron chi connectivity index (χ4n) is 6.85. The smallest absolute Gasteiger partial charge is 0.00723 e. The van der Waals surface area contributed by atoms with E-state index in [9.17, 15) is 0 Å². The van der Waals surface area contributed by atoms with E-state index in [1.807, 2.05) is 0 Å². The van der Waals surface area contributed by atoms with Crippen LogP contribution in [0.15, 0.2) is 35.9 Å². The van der Waals surface area contributed by atoms with Crippen LogP contribution in [0, 0.1) is 17.3 Å². The van der Waals surface area contributed by atoms with Crippen LogP contribution in [0.1, 0.15) is 137 Å². The lowest BCUT2D eigenvalue weighted by Crippen LogP contribution is -2.31. The first-order valence-corrected chi connectivity index (χ1v) is 13.8. The fourth-order valence-corrected chi connectivity index (χ4v) is 6.85. The molecule has 0 radical (unpaired) electrons. The molecule has 0 amide bonds. The van der Waals surface area contributed by atoms with Crippen molar-refractivity contribution in [2.24, 2.45) is 17.3 Å². The molecule has 1 aromatic rings. The fraction of sp³-hybridized carbons (Fsp3) is 0.750. The van der Waals surface area contributed by atoms with Gasteiger partial charge in [-0.25, -0.2) is 0 Å². The third kappa shape index (κ3) is 6.51.